The van der Waals surface area contributed by atoms with Gasteiger partial charge in [0.25, 0.3) is 15.0 Å². The number of benzene rings is 1. The van der Waals surface area contributed by atoms with Crippen LogP contribution in [0.5, 0.6) is 5.75 Å². The predicted octanol–water partition coefficient (Wildman–Crippen LogP) is 1.71. The molecule has 0 aromatic heterocycles. The fraction of sp³-hybridized carbons (Fsp3) is 0.125. The molecule has 0 bridgehead atoms. The number of fused-ring (bicyclic) bond motifs is 1. The standard InChI is InChI=1S/C8H5BrClNO4S/c9-4-1-6-5(11-8(12)3-15-6)2-7(4)16(10,13)14/h1-2H,3H2,(H,11,12). The third-order valence-corrected chi connectivity index (χ3v) is 4.21. The van der Waals surface area contributed by atoms with Gasteiger partial charge >= 0.3 is 0 Å². The molecule has 1 aliphatic rings. The van der Waals surface area contributed by atoms with E-state index in [9.17, 15) is 13.2 Å². The fourth-order valence-corrected chi connectivity index (χ4v) is 3.44. The van der Waals surface area contributed by atoms with Crippen LogP contribution in [-0.4, -0.2) is 20.9 Å². The van der Waals surface area contributed by atoms with Gasteiger partial charge in [0.15, 0.2) is 6.61 Å². The molecule has 1 aromatic rings. The molecule has 0 unspecified atom stereocenters. The van der Waals surface area contributed by atoms with Crippen LogP contribution in [0.4, 0.5) is 5.69 Å². The number of carbonyl (C=O) groups excluding carboxylic acids is 1. The van der Waals surface area contributed by atoms with Crippen LogP contribution in [0.15, 0.2) is 21.5 Å². The summed E-state index contributed by atoms with van der Waals surface area (Å²) in [6.45, 7) is -0.0909. The number of rotatable bonds is 1. The van der Waals surface area contributed by atoms with Gasteiger partial charge in [0.2, 0.25) is 0 Å². The molecule has 1 aromatic carbocycles. The lowest BCUT2D eigenvalue weighted by Crippen LogP contribution is -2.25. The predicted molar refractivity (Wildman–Crippen MR) is 61.3 cm³/mol. The van der Waals surface area contributed by atoms with Gasteiger partial charge in [-0.25, -0.2) is 8.42 Å². The molecule has 1 N–H and O–H groups in total. The van der Waals surface area contributed by atoms with Crippen LogP contribution in [0.2, 0.25) is 0 Å². The van der Waals surface area contributed by atoms with Gasteiger partial charge in [-0.2, -0.15) is 0 Å². The maximum Gasteiger partial charge on any atom is 0.262 e. The first-order chi connectivity index (χ1) is 7.38. The fourth-order valence-electron chi connectivity index (χ4n) is 1.27. The Balaban J connectivity index is 2.60. The zero-order chi connectivity index (χ0) is 11.9. The van der Waals surface area contributed by atoms with Crippen molar-refractivity contribution >= 4 is 47.3 Å². The van der Waals surface area contributed by atoms with Gasteiger partial charge in [0, 0.05) is 15.2 Å². The lowest BCUT2D eigenvalue weighted by molar-refractivity contribution is -0.118. The van der Waals surface area contributed by atoms with Crippen molar-refractivity contribution in [1.29, 1.82) is 0 Å². The lowest BCUT2D eigenvalue weighted by atomic mass is 10.2. The summed E-state index contributed by atoms with van der Waals surface area (Å²) < 4.78 is 27.8. The summed E-state index contributed by atoms with van der Waals surface area (Å²) >= 11 is 3.07. The highest BCUT2D eigenvalue weighted by Crippen LogP contribution is 2.36. The number of halogens is 2. The van der Waals surface area contributed by atoms with E-state index in [1.165, 1.54) is 12.1 Å². The number of anilines is 1. The smallest absolute Gasteiger partial charge is 0.262 e. The van der Waals surface area contributed by atoms with Gasteiger partial charge in [-0.05, 0) is 28.1 Å². The molecule has 0 radical (unpaired) electrons. The molecule has 1 aliphatic heterocycles. The van der Waals surface area contributed by atoms with E-state index in [-0.39, 0.29) is 21.9 Å². The zero-order valence-corrected chi connectivity index (χ0v) is 10.8. The molecule has 86 valence electrons. The molecular formula is C8H5BrClNO4S. The number of nitrogens with one attached hydrogen (secondary N) is 1. The Morgan fingerprint density at radius 2 is 2.12 bits per heavy atom. The third-order valence-electron chi connectivity index (χ3n) is 1.93. The molecule has 1 amide bonds. The second-order valence-electron chi connectivity index (χ2n) is 3.05. The Labute approximate surface area is 104 Å². The maximum absolute atomic E-state index is 11.2. The molecule has 16 heavy (non-hydrogen) atoms. The van der Waals surface area contributed by atoms with E-state index >= 15 is 0 Å². The quantitative estimate of drug-likeness (QED) is 0.797. The Morgan fingerprint density at radius 1 is 1.44 bits per heavy atom. The number of hydrogen-bond donors (Lipinski definition) is 1. The largest absolute Gasteiger partial charge is 0.482 e. The number of carbonyl (C=O) groups is 1. The molecule has 0 spiro atoms. The van der Waals surface area contributed by atoms with Crippen LogP contribution in [0.3, 0.4) is 0 Å². The van der Waals surface area contributed by atoms with E-state index in [1.807, 2.05) is 0 Å². The van der Waals surface area contributed by atoms with Crippen LogP contribution in [0, 0.1) is 0 Å². The monoisotopic (exact) mass is 325 g/mol. The second kappa shape index (κ2) is 3.90. The molecule has 8 heteroatoms. The van der Waals surface area contributed by atoms with Crippen molar-refractivity contribution < 1.29 is 17.9 Å². The number of hydrogen-bond acceptors (Lipinski definition) is 4. The van der Waals surface area contributed by atoms with Gasteiger partial charge in [0.1, 0.15) is 5.75 Å². The van der Waals surface area contributed by atoms with Gasteiger partial charge in [-0.1, -0.05) is 0 Å². The van der Waals surface area contributed by atoms with Crippen molar-refractivity contribution in [3.63, 3.8) is 0 Å². The summed E-state index contributed by atoms with van der Waals surface area (Å²) in [5.41, 5.74) is 0.290. The summed E-state index contributed by atoms with van der Waals surface area (Å²) in [6, 6.07) is 2.70. The van der Waals surface area contributed by atoms with Gasteiger partial charge < -0.3 is 10.1 Å². The van der Waals surface area contributed by atoms with Gasteiger partial charge in [-0.3, -0.25) is 4.79 Å². The molecule has 0 atom stereocenters. The SMILES string of the molecule is O=C1COc2cc(Br)c(S(=O)(=O)Cl)cc2N1. The van der Waals surface area contributed by atoms with Crippen LogP contribution >= 0.6 is 26.6 Å². The number of ether oxygens (including phenoxy) is 1. The highest BCUT2D eigenvalue weighted by molar-refractivity contribution is 9.10. The summed E-state index contributed by atoms with van der Waals surface area (Å²) in [5.74, 6) is 0.0586. The van der Waals surface area contributed by atoms with Crippen molar-refractivity contribution in [2.45, 2.75) is 4.90 Å². The average molecular weight is 327 g/mol. The minimum Gasteiger partial charge on any atom is -0.482 e. The highest BCUT2D eigenvalue weighted by Gasteiger charge is 2.22. The minimum atomic E-state index is -3.87. The second-order valence-corrected chi connectivity index (χ2v) is 6.44. The zero-order valence-electron chi connectivity index (χ0n) is 7.66. The summed E-state index contributed by atoms with van der Waals surface area (Å²) in [4.78, 5) is 10.9. The molecule has 0 saturated carbocycles. The maximum atomic E-state index is 11.2. The normalized spacial score (nSPS) is 15.0. The van der Waals surface area contributed by atoms with E-state index < -0.39 is 9.05 Å². The average Bonchev–Trinajstić information content (AvgIpc) is 2.16. The van der Waals surface area contributed by atoms with E-state index in [0.717, 1.165) is 0 Å². The van der Waals surface area contributed by atoms with Crippen molar-refractivity contribution in [3.8, 4) is 5.75 Å². The topological polar surface area (TPSA) is 72.5 Å². The van der Waals surface area contributed by atoms with Crippen LogP contribution in [0.25, 0.3) is 0 Å². The summed E-state index contributed by atoms with van der Waals surface area (Å²) in [7, 11) is 1.37. The first-order valence-electron chi connectivity index (χ1n) is 4.09. The summed E-state index contributed by atoms with van der Waals surface area (Å²) in [6.07, 6.45) is 0. The summed E-state index contributed by atoms with van der Waals surface area (Å²) in [5, 5.41) is 2.49. The molecule has 0 aliphatic carbocycles. The van der Waals surface area contributed by atoms with E-state index in [1.54, 1.807) is 0 Å². The van der Waals surface area contributed by atoms with E-state index in [2.05, 4.69) is 21.2 Å². The van der Waals surface area contributed by atoms with Gasteiger partial charge in [0.05, 0.1) is 10.6 Å². The van der Waals surface area contributed by atoms with E-state index in [0.29, 0.717) is 11.4 Å². The molecule has 0 saturated heterocycles. The Bertz CT molecular complexity index is 572. The molecular weight excluding hydrogens is 322 g/mol. The first-order valence-corrected chi connectivity index (χ1v) is 7.19. The van der Waals surface area contributed by atoms with E-state index in [4.69, 9.17) is 15.4 Å². The van der Waals surface area contributed by atoms with Crippen molar-refractivity contribution in [1.82, 2.24) is 0 Å². The number of amides is 1. The molecule has 5 nitrogen and oxygen atoms in total. The van der Waals surface area contributed by atoms with Crippen molar-refractivity contribution in [3.05, 3.63) is 16.6 Å². The van der Waals surface area contributed by atoms with Crippen molar-refractivity contribution in [2.24, 2.45) is 0 Å². The third kappa shape index (κ3) is 2.16. The Kier molecular flexibility index (Phi) is 2.85. The lowest BCUT2D eigenvalue weighted by Gasteiger charge is -2.18. The molecule has 2 rings (SSSR count). The van der Waals surface area contributed by atoms with Crippen LogP contribution < -0.4 is 10.1 Å². The Morgan fingerprint density at radius 3 is 2.75 bits per heavy atom. The molecule has 0 fully saturated rings. The Hall–Kier alpha value is -0.790. The van der Waals surface area contributed by atoms with Crippen LogP contribution in [0.1, 0.15) is 0 Å². The first kappa shape index (κ1) is 11.7. The molecule has 1 heterocycles. The minimum absolute atomic E-state index is 0.0909. The van der Waals surface area contributed by atoms with Gasteiger partial charge in [-0.15, -0.1) is 0 Å². The van der Waals surface area contributed by atoms with Crippen molar-refractivity contribution in [2.75, 3.05) is 11.9 Å². The highest BCUT2D eigenvalue weighted by atomic mass is 79.9. The van der Waals surface area contributed by atoms with Crippen LogP contribution in [-0.2, 0) is 13.8 Å².